The predicted molar refractivity (Wildman–Crippen MR) is 86.8 cm³/mol. The fraction of sp³-hybridized carbons (Fsp3) is 0.500. The third-order valence-corrected chi connectivity index (χ3v) is 5.28. The topological polar surface area (TPSA) is 45.2 Å². The Kier molecular flexibility index (Phi) is 4.51. The van der Waals surface area contributed by atoms with Crippen molar-refractivity contribution in [1.29, 1.82) is 0 Å². The molecule has 2 aromatic rings. The molecule has 0 aliphatic carbocycles. The van der Waals surface area contributed by atoms with Crippen LogP contribution in [0.2, 0.25) is 0 Å². The molecular formula is C16H21N3OS. The second-order valence-corrected chi connectivity index (χ2v) is 6.63. The van der Waals surface area contributed by atoms with Crippen LogP contribution < -0.4 is 5.32 Å². The van der Waals surface area contributed by atoms with E-state index in [-0.39, 0.29) is 5.91 Å². The van der Waals surface area contributed by atoms with Gasteiger partial charge in [-0.05, 0) is 50.5 Å². The second kappa shape index (κ2) is 6.54. The minimum atomic E-state index is 0.0379. The third kappa shape index (κ3) is 3.41. The van der Waals surface area contributed by atoms with Gasteiger partial charge in [0.15, 0.2) is 0 Å². The average Bonchev–Trinajstić information content (AvgIpc) is 2.97. The number of thiophene rings is 1. The lowest BCUT2D eigenvalue weighted by Gasteiger charge is -2.30. The van der Waals surface area contributed by atoms with Crippen LogP contribution in [0.3, 0.4) is 0 Å². The number of nitrogens with one attached hydrogen (secondary N) is 1. The van der Waals surface area contributed by atoms with E-state index >= 15 is 0 Å². The molecule has 4 nitrogen and oxygen atoms in total. The van der Waals surface area contributed by atoms with Crippen molar-refractivity contribution in [2.24, 2.45) is 5.92 Å². The predicted octanol–water partition coefficient (Wildman–Crippen LogP) is 2.76. The normalized spacial score (nSPS) is 17.2. The number of hydrogen-bond acceptors (Lipinski definition) is 4. The first-order valence-electron chi connectivity index (χ1n) is 7.61. The smallest absolute Gasteiger partial charge is 0.261 e. The number of carbonyl (C=O) groups excluding carboxylic acids is 1. The van der Waals surface area contributed by atoms with Crippen LogP contribution in [0.25, 0.3) is 10.2 Å². The Labute approximate surface area is 129 Å². The number of aromatic nitrogens is 1. The minimum absolute atomic E-state index is 0.0379. The zero-order valence-electron chi connectivity index (χ0n) is 12.3. The molecule has 0 atom stereocenters. The van der Waals surface area contributed by atoms with Crippen molar-refractivity contribution < 1.29 is 4.79 Å². The molecule has 112 valence electrons. The summed E-state index contributed by atoms with van der Waals surface area (Å²) in [7, 11) is 0. The molecular weight excluding hydrogens is 282 g/mol. The molecule has 0 aromatic carbocycles. The Morgan fingerprint density at radius 1 is 1.48 bits per heavy atom. The maximum absolute atomic E-state index is 12.2. The van der Waals surface area contributed by atoms with E-state index in [0.717, 1.165) is 41.3 Å². The zero-order chi connectivity index (χ0) is 14.7. The molecule has 0 radical (unpaired) electrons. The van der Waals surface area contributed by atoms with Crippen molar-refractivity contribution in [2.45, 2.75) is 19.8 Å². The number of likely N-dealkylation sites (tertiary alicyclic amines) is 1. The summed E-state index contributed by atoms with van der Waals surface area (Å²) in [5.41, 5.74) is 0. The maximum atomic E-state index is 12.2. The van der Waals surface area contributed by atoms with Crippen LogP contribution in [0.15, 0.2) is 24.4 Å². The van der Waals surface area contributed by atoms with E-state index in [1.54, 1.807) is 6.20 Å². The summed E-state index contributed by atoms with van der Waals surface area (Å²) in [6.45, 7) is 6.44. The van der Waals surface area contributed by atoms with Crippen LogP contribution in [0.5, 0.6) is 0 Å². The maximum Gasteiger partial charge on any atom is 0.261 e. The summed E-state index contributed by atoms with van der Waals surface area (Å²) >= 11 is 1.46. The monoisotopic (exact) mass is 303 g/mol. The third-order valence-electron chi connectivity index (χ3n) is 4.22. The van der Waals surface area contributed by atoms with Crippen molar-refractivity contribution in [3.63, 3.8) is 0 Å². The average molecular weight is 303 g/mol. The van der Waals surface area contributed by atoms with Gasteiger partial charge in [-0.25, -0.2) is 4.98 Å². The first-order valence-corrected chi connectivity index (χ1v) is 8.43. The summed E-state index contributed by atoms with van der Waals surface area (Å²) in [4.78, 5) is 20.7. The number of hydrogen-bond donors (Lipinski definition) is 1. The number of nitrogens with zero attached hydrogens (tertiary/aromatic N) is 2. The number of pyridine rings is 1. The highest BCUT2D eigenvalue weighted by Gasteiger charge is 2.19. The number of carbonyl (C=O) groups is 1. The van der Waals surface area contributed by atoms with E-state index in [0.29, 0.717) is 5.92 Å². The molecule has 1 N–H and O–H groups in total. The van der Waals surface area contributed by atoms with E-state index in [1.807, 2.05) is 18.2 Å². The quantitative estimate of drug-likeness (QED) is 0.944. The summed E-state index contributed by atoms with van der Waals surface area (Å²) in [5, 5.41) is 4.13. The second-order valence-electron chi connectivity index (χ2n) is 5.60. The molecule has 21 heavy (non-hydrogen) atoms. The van der Waals surface area contributed by atoms with Gasteiger partial charge >= 0.3 is 0 Å². The lowest BCUT2D eigenvalue weighted by molar-refractivity contribution is 0.0941. The number of rotatable bonds is 4. The number of amides is 1. The Morgan fingerprint density at radius 2 is 2.29 bits per heavy atom. The molecule has 2 aromatic heterocycles. The van der Waals surface area contributed by atoms with Gasteiger partial charge in [0.05, 0.1) is 4.88 Å². The van der Waals surface area contributed by atoms with Gasteiger partial charge in [-0.2, -0.15) is 0 Å². The Morgan fingerprint density at radius 3 is 3.00 bits per heavy atom. The van der Waals surface area contributed by atoms with Crippen molar-refractivity contribution >= 4 is 27.5 Å². The number of piperidine rings is 1. The lowest BCUT2D eigenvalue weighted by Crippen LogP contribution is -2.38. The van der Waals surface area contributed by atoms with Crippen molar-refractivity contribution in [1.82, 2.24) is 15.2 Å². The first kappa shape index (κ1) is 14.5. The molecule has 1 aliphatic heterocycles. The van der Waals surface area contributed by atoms with Gasteiger partial charge in [0, 0.05) is 18.1 Å². The van der Waals surface area contributed by atoms with Crippen molar-refractivity contribution in [2.75, 3.05) is 26.2 Å². The Hall–Kier alpha value is -1.46. The van der Waals surface area contributed by atoms with Gasteiger partial charge < -0.3 is 10.2 Å². The summed E-state index contributed by atoms with van der Waals surface area (Å²) in [6.07, 6.45) is 4.13. The number of fused-ring (bicyclic) bond motifs is 1. The SMILES string of the molecule is CCN1CCC(CNC(=O)c2cc3cccnc3s2)CC1. The zero-order valence-corrected chi connectivity index (χ0v) is 13.2. The van der Waals surface area contributed by atoms with Gasteiger partial charge in [0.1, 0.15) is 4.83 Å². The summed E-state index contributed by atoms with van der Waals surface area (Å²) in [6, 6.07) is 5.83. The molecule has 1 amide bonds. The van der Waals surface area contributed by atoms with Gasteiger partial charge in [-0.1, -0.05) is 13.0 Å². The Balaban J connectivity index is 1.54. The molecule has 3 rings (SSSR count). The van der Waals surface area contributed by atoms with Gasteiger partial charge in [0.25, 0.3) is 5.91 Å². The van der Waals surface area contributed by atoms with E-state index in [9.17, 15) is 4.79 Å². The minimum Gasteiger partial charge on any atom is -0.351 e. The van der Waals surface area contributed by atoms with Crippen LogP contribution in [-0.4, -0.2) is 42.0 Å². The van der Waals surface area contributed by atoms with Crippen LogP contribution >= 0.6 is 11.3 Å². The van der Waals surface area contributed by atoms with E-state index in [1.165, 1.54) is 24.2 Å². The van der Waals surface area contributed by atoms with Crippen LogP contribution in [0.1, 0.15) is 29.4 Å². The molecule has 1 saturated heterocycles. The summed E-state index contributed by atoms with van der Waals surface area (Å²) < 4.78 is 0. The van der Waals surface area contributed by atoms with Crippen molar-refractivity contribution in [3.8, 4) is 0 Å². The van der Waals surface area contributed by atoms with Gasteiger partial charge in [0.2, 0.25) is 0 Å². The largest absolute Gasteiger partial charge is 0.351 e. The molecule has 1 aliphatic rings. The first-order chi connectivity index (χ1) is 10.3. The highest BCUT2D eigenvalue weighted by Crippen LogP contribution is 2.23. The fourth-order valence-electron chi connectivity index (χ4n) is 2.82. The molecule has 1 fully saturated rings. The van der Waals surface area contributed by atoms with Crippen LogP contribution in [0, 0.1) is 5.92 Å². The molecule has 0 saturated carbocycles. The van der Waals surface area contributed by atoms with Gasteiger partial charge in [-0.15, -0.1) is 11.3 Å². The fourth-order valence-corrected chi connectivity index (χ4v) is 3.73. The van der Waals surface area contributed by atoms with Crippen molar-refractivity contribution in [3.05, 3.63) is 29.3 Å². The van der Waals surface area contributed by atoms with Crippen LogP contribution in [0.4, 0.5) is 0 Å². The summed E-state index contributed by atoms with van der Waals surface area (Å²) in [5.74, 6) is 0.653. The molecule has 5 heteroatoms. The molecule has 3 heterocycles. The molecule has 0 bridgehead atoms. The lowest BCUT2D eigenvalue weighted by atomic mass is 9.97. The van der Waals surface area contributed by atoms with E-state index < -0.39 is 0 Å². The standard InChI is InChI=1S/C16H21N3OS/c1-2-19-8-5-12(6-9-19)11-18-15(20)14-10-13-4-3-7-17-16(13)21-14/h3-4,7,10,12H,2,5-6,8-9,11H2,1H3,(H,18,20). The Bertz CT molecular complexity index is 584. The molecule has 0 unspecified atom stereocenters. The van der Waals surface area contributed by atoms with E-state index in [2.05, 4.69) is 22.1 Å². The van der Waals surface area contributed by atoms with Gasteiger partial charge in [-0.3, -0.25) is 4.79 Å². The highest BCUT2D eigenvalue weighted by molar-refractivity contribution is 7.20. The highest BCUT2D eigenvalue weighted by atomic mass is 32.1. The molecule has 0 spiro atoms. The van der Waals surface area contributed by atoms with Crippen LogP contribution in [-0.2, 0) is 0 Å². The van der Waals surface area contributed by atoms with E-state index in [4.69, 9.17) is 0 Å².